The summed E-state index contributed by atoms with van der Waals surface area (Å²) in [6.45, 7) is 0. The quantitative estimate of drug-likeness (QED) is 0.171. The van der Waals surface area contributed by atoms with Gasteiger partial charge in [0.05, 0.1) is 38.6 Å². The lowest BCUT2D eigenvalue weighted by atomic mass is 9.97. The molecule has 10 aromatic carbocycles. The molecule has 0 saturated heterocycles. The highest BCUT2D eigenvalue weighted by Gasteiger charge is 2.21. The van der Waals surface area contributed by atoms with Crippen molar-refractivity contribution >= 4 is 103 Å². The summed E-state index contributed by atoms with van der Waals surface area (Å²) in [5.74, 6) is 0. The van der Waals surface area contributed by atoms with Gasteiger partial charge in [0.1, 0.15) is 0 Å². The van der Waals surface area contributed by atoms with Crippen LogP contribution in [-0.4, -0.2) is 13.5 Å². The van der Waals surface area contributed by atoms with Crippen LogP contribution in [0.2, 0.25) is 0 Å². The van der Waals surface area contributed by atoms with E-state index in [1.54, 1.807) is 0 Å². The highest BCUT2D eigenvalue weighted by Crippen LogP contribution is 2.45. The molecule has 3 nitrogen and oxygen atoms in total. The molecule has 14 rings (SSSR count). The van der Waals surface area contributed by atoms with Crippen LogP contribution in [0.25, 0.3) is 126 Å². The summed E-state index contributed by atoms with van der Waals surface area (Å²) in [7, 11) is 0. The van der Waals surface area contributed by atoms with E-state index < -0.39 is 0 Å². The molecule has 0 aliphatic rings. The van der Waals surface area contributed by atoms with Crippen molar-refractivity contribution in [2.45, 2.75) is 0 Å². The van der Waals surface area contributed by atoms with Crippen LogP contribution in [0.1, 0.15) is 0 Å². The molecule has 14 aromatic rings. The van der Waals surface area contributed by atoms with Gasteiger partial charge >= 0.3 is 0 Å². The van der Waals surface area contributed by atoms with Crippen molar-refractivity contribution in [3.8, 4) is 22.5 Å². The zero-order valence-electron chi connectivity index (χ0n) is 31.9. The molecule has 0 N–H and O–H groups in total. The number of benzene rings is 10. The molecular formula is C56H33N3. The third-order valence-corrected chi connectivity index (χ3v) is 13.1. The first-order valence-electron chi connectivity index (χ1n) is 20.4. The molecule has 0 spiro atoms. The molecule has 4 heterocycles. The van der Waals surface area contributed by atoms with Crippen LogP contribution in [0.5, 0.6) is 0 Å². The van der Waals surface area contributed by atoms with Crippen LogP contribution in [0, 0.1) is 0 Å². The number of hydrogen-bond acceptors (Lipinski definition) is 0. The van der Waals surface area contributed by atoms with E-state index in [9.17, 15) is 0 Å². The summed E-state index contributed by atoms with van der Waals surface area (Å²) in [5.41, 5.74) is 13.4. The summed E-state index contributed by atoms with van der Waals surface area (Å²) >= 11 is 0. The first-order chi connectivity index (χ1) is 29.2. The summed E-state index contributed by atoms with van der Waals surface area (Å²) in [5, 5.41) is 15.2. The second-order valence-corrected chi connectivity index (χ2v) is 16.2. The monoisotopic (exact) mass is 747 g/mol. The number of para-hydroxylation sites is 4. The molecule has 0 aliphatic heterocycles. The minimum atomic E-state index is 1.17. The van der Waals surface area contributed by atoms with Crippen LogP contribution in [-0.2, 0) is 0 Å². The van der Waals surface area contributed by atoms with Crippen LogP contribution in [0.3, 0.4) is 0 Å². The normalized spacial score (nSPS) is 12.4. The standard InChI is InChI=1S/C56H33N3/c1-2-12-34(13-3-1)39-30-48-46-28-35-22-24-40(57-50-18-8-4-14-42(50)43-15-5-9-19-51(43)57)26-37(35)32-54(46)59-55-33-38-27-41(25-23-36(38)29-47(55)49(31-39)56(48)59)58-52-20-10-6-16-44(52)45-17-7-11-21-53(45)58/h1-33H. The number of rotatable bonds is 3. The fourth-order valence-electron chi connectivity index (χ4n) is 10.5. The van der Waals surface area contributed by atoms with Gasteiger partial charge in [0, 0.05) is 54.5 Å². The van der Waals surface area contributed by atoms with Crippen LogP contribution >= 0.6 is 0 Å². The molecule has 0 unspecified atom stereocenters. The largest absolute Gasteiger partial charge is 0.309 e. The van der Waals surface area contributed by atoms with E-state index in [1.165, 1.54) is 126 Å². The zero-order chi connectivity index (χ0) is 38.3. The third-order valence-electron chi connectivity index (χ3n) is 13.1. The van der Waals surface area contributed by atoms with Gasteiger partial charge < -0.3 is 13.5 Å². The summed E-state index contributed by atoms with van der Waals surface area (Å²) in [4.78, 5) is 0. The fourth-order valence-corrected chi connectivity index (χ4v) is 10.5. The Kier molecular flexibility index (Phi) is 6.02. The van der Waals surface area contributed by atoms with Crippen molar-refractivity contribution in [3.05, 3.63) is 200 Å². The second-order valence-electron chi connectivity index (χ2n) is 16.2. The molecule has 0 aliphatic carbocycles. The van der Waals surface area contributed by atoms with E-state index in [4.69, 9.17) is 0 Å². The van der Waals surface area contributed by atoms with E-state index in [0.29, 0.717) is 0 Å². The second kappa shape index (κ2) is 11.4. The molecule has 0 saturated carbocycles. The van der Waals surface area contributed by atoms with Gasteiger partial charge in [-0.3, -0.25) is 0 Å². The summed E-state index contributed by atoms with van der Waals surface area (Å²) in [6.07, 6.45) is 0. The lowest BCUT2D eigenvalue weighted by Crippen LogP contribution is -1.94. The highest BCUT2D eigenvalue weighted by molar-refractivity contribution is 6.27. The van der Waals surface area contributed by atoms with Crippen molar-refractivity contribution < 1.29 is 0 Å². The van der Waals surface area contributed by atoms with Crippen molar-refractivity contribution in [2.24, 2.45) is 0 Å². The van der Waals surface area contributed by atoms with E-state index in [-0.39, 0.29) is 0 Å². The average molecular weight is 748 g/mol. The Morgan fingerprint density at radius 3 is 1.08 bits per heavy atom. The molecule has 59 heavy (non-hydrogen) atoms. The Hall–Kier alpha value is -7.88. The van der Waals surface area contributed by atoms with Crippen LogP contribution in [0.15, 0.2) is 200 Å². The summed E-state index contributed by atoms with van der Waals surface area (Å²) < 4.78 is 7.38. The fraction of sp³-hybridized carbons (Fsp3) is 0. The van der Waals surface area contributed by atoms with E-state index in [2.05, 4.69) is 214 Å². The van der Waals surface area contributed by atoms with Crippen molar-refractivity contribution in [3.63, 3.8) is 0 Å². The Morgan fingerprint density at radius 2 is 0.644 bits per heavy atom. The lowest BCUT2D eigenvalue weighted by Gasteiger charge is -2.11. The smallest absolute Gasteiger partial charge is 0.0620 e. The highest BCUT2D eigenvalue weighted by atomic mass is 15.0. The number of aromatic nitrogens is 3. The number of nitrogens with zero attached hydrogens (tertiary/aromatic N) is 3. The van der Waals surface area contributed by atoms with Gasteiger partial charge in [-0.2, -0.15) is 0 Å². The van der Waals surface area contributed by atoms with Gasteiger partial charge in [-0.1, -0.05) is 115 Å². The molecule has 0 amide bonds. The van der Waals surface area contributed by atoms with Crippen molar-refractivity contribution in [1.29, 1.82) is 0 Å². The van der Waals surface area contributed by atoms with Gasteiger partial charge in [0.15, 0.2) is 0 Å². The SMILES string of the molecule is c1ccc(-c2cc3c4cc5ccc(-n6c7ccccc7c7ccccc76)cc5cc4n4c5cc6cc(-n7c8ccccc8c8ccccc87)ccc6cc5c(c2)c34)cc1. The lowest BCUT2D eigenvalue weighted by molar-refractivity contribution is 1.19. The first-order valence-corrected chi connectivity index (χ1v) is 20.4. The minimum absolute atomic E-state index is 1.17. The average Bonchev–Trinajstić information content (AvgIpc) is 4.01. The maximum Gasteiger partial charge on any atom is 0.0620 e. The number of fused-ring (bicyclic) bond motifs is 14. The van der Waals surface area contributed by atoms with Crippen molar-refractivity contribution in [1.82, 2.24) is 13.5 Å². The van der Waals surface area contributed by atoms with Crippen molar-refractivity contribution in [2.75, 3.05) is 0 Å². The Morgan fingerprint density at radius 1 is 0.237 bits per heavy atom. The summed E-state index contributed by atoms with van der Waals surface area (Å²) in [6, 6.07) is 74.3. The van der Waals surface area contributed by atoms with E-state index in [0.717, 1.165) is 0 Å². The Balaban J connectivity index is 1.06. The van der Waals surface area contributed by atoms with Gasteiger partial charge in [-0.15, -0.1) is 0 Å². The molecular weight excluding hydrogens is 715 g/mol. The van der Waals surface area contributed by atoms with Gasteiger partial charge in [-0.25, -0.2) is 0 Å². The zero-order valence-corrected chi connectivity index (χ0v) is 31.9. The van der Waals surface area contributed by atoms with Gasteiger partial charge in [0.2, 0.25) is 0 Å². The molecule has 272 valence electrons. The topological polar surface area (TPSA) is 14.3 Å². The molecule has 4 aromatic heterocycles. The molecule has 0 atom stereocenters. The van der Waals surface area contributed by atoms with Crippen LogP contribution in [0.4, 0.5) is 0 Å². The Bertz CT molecular complexity index is 3720. The van der Waals surface area contributed by atoms with E-state index in [1.807, 2.05) is 0 Å². The van der Waals surface area contributed by atoms with E-state index >= 15 is 0 Å². The predicted octanol–water partition coefficient (Wildman–Crippen LogP) is 15.0. The third kappa shape index (κ3) is 4.21. The molecule has 0 fully saturated rings. The Labute approximate surface area is 338 Å². The maximum absolute atomic E-state index is 2.54. The molecule has 0 radical (unpaired) electrons. The minimum Gasteiger partial charge on any atom is -0.309 e. The van der Waals surface area contributed by atoms with Gasteiger partial charge in [0.25, 0.3) is 0 Å². The number of hydrogen-bond donors (Lipinski definition) is 0. The molecule has 0 bridgehead atoms. The predicted molar refractivity (Wildman–Crippen MR) is 250 cm³/mol. The first kappa shape index (κ1) is 31.2. The van der Waals surface area contributed by atoms with Gasteiger partial charge in [-0.05, 0) is 118 Å². The maximum atomic E-state index is 2.54. The molecule has 3 heteroatoms. The van der Waals surface area contributed by atoms with Crippen LogP contribution < -0.4 is 0 Å².